The first-order valence-electron chi connectivity index (χ1n) is 10.1. The van der Waals surface area contributed by atoms with Crippen molar-refractivity contribution in [3.8, 4) is 5.75 Å². The molecule has 0 spiro atoms. The lowest BCUT2D eigenvalue weighted by atomic mass is 9.84. The molecule has 2 aromatic rings. The fourth-order valence-corrected chi connectivity index (χ4v) is 5.04. The van der Waals surface area contributed by atoms with Crippen molar-refractivity contribution in [1.82, 2.24) is 5.32 Å². The van der Waals surface area contributed by atoms with Gasteiger partial charge in [0.1, 0.15) is 18.1 Å². The van der Waals surface area contributed by atoms with Crippen molar-refractivity contribution in [3.63, 3.8) is 0 Å². The van der Waals surface area contributed by atoms with Crippen LogP contribution in [-0.4, -0.2) is 11.9 Å². The highest BCUT2D eigenvalue weighted by Crippen LogP contribution is 2.49. The van der Waals surface area contributed by atoms with Gasteiger partial charge in [-0.25, -0.2) is 0 Å². The Bertz CT molecular complexity index is 805. The average molecular weight is 367 g/mol. The molecule has 1 amide bonds. The number of ether oxygens (including phenoxy) is 1. The van der Waals surface area contributed by atoms with Crippen LogP contribution in [0.1, 0.15) is 60.0 Å². The van der Waals surface area contributed by atoms with Crippen LogP contribution in [-0.2, 0) is 6.61 Å². The van der Waals surface area contributed by atoms with Crippen LogP contribution in [0.15, 0.2) is 34.7 Å². The molecule has 4 nitrogen and oxygen atoms in total. The average Bonchev–Trinajstić information content (AvgIpc) is 3.35. The summed E-state index contributed by atoms with van der Waals surface area (Å²) in [6.45, 7) is 6.55. The molecule has 2 fully saturated rings. The summed E-state index contributed by atoms with van der Waals surface area (Å²) in [4.78, 5) is 12.5. The molecule has 4 unspecified atom stereocenters. The van der Waals surface area contributed by atoms with Gasteiger partial charge < -0.3 is 14.5 Å². The lowest BCUT2D eigenvalue weighted by molar-refractivity contribution is 0.0883. The highest BCUT2D eigenvalue weighted by atomic mass is 16.5. The molecule has 0 aliphatic heterocycles. The maximum Gasteiger partial charge on any atom is 0.287 e. The summed E-state index contributed by atoms with van der Waals surface area (Å²) in [5, 5.41) is 3.15. The van der Waals surface area contributed by atoms with Crippen LogP contribution < -0.4 is 10.1 Å². The Labute approximate surface area is 161 Å². The summed E-state index contributed by atoms with van der Waals surface area (Å²) in [5.41, 5.74) is 2.33. The minimum absolute atomic E-state index is 0.122. The van der Waals surface area contributed by atoms with Gasteiger partial charge in [0.15, 0.2) is 5.76 Å². The zero-order chi connectivity index (χ0) is 19.0. The van der Waals surface area contributed by atoms with Crippen LogP contribution >= 0.6 is 0 Å². The van der Waals surface area contributed by atoms with Gasteiger partial charge in [0.2, 0.25) is 0 Å². The lowest BCUT2D eigenvalue weighted by Crippen LogP contribution is -2.40. The molecule has 1 aromatic carbocycles. The van der Waals surface area contributed by atoms with E-state index in [1.807, 2.05) is 32.0 Å². The second kappa shape index (κ2) is 7.41. The molecule has 4 heteroatoms. The predicted molar refractivity (Wildman–Crippen MR) is 105 cm³/mol. The van der Waals surface area contributed by atoms with Gasteiger partial charge >= 0.3 is 0 Å². The van der Waals surface area contributed by atoms with E-state index in [4.69, 9.17) is 9.15 Å². The van der Waals surface area contributed by atoms with Gasteiger partial charge in [0.05, 0.1) is 0 Å². The maximum absolute atomic E-state index is 12.5. The van der Waals surface area contributed by atoms with Gasteiger partial charge in [-0.2, -0.15) is 0 Å². The molecule has 1 heterocycles. The molecule has 0 radical (unpaired) electrons. The minimum atomic E-state index is -0.122. The maximum atomic E-state index is 12.5. The van der Waals surface area contributed by atoms with E-state index in [1.165, 1.54) is 36.8 Å². The van der Waals surface area contributed by atoms with E-state index in [0.717, 1.165) is 17.6 Å². The smallest absolute Gasteiger partial charge is 0.287 e. The van der Waals surface area contributed by atoms with Gasteiger partial charge in [-0.15, -0.1) is 0 Å². The van der Waals surface area contributed by atoms with Crippen molar-refractivity contribution >= 4 is 5.91 Å². The topological polar surface area (TPSA) is 51.5 Å². The lowest BCUT2D eigenvalue weighted by Gasteiger charge is -2.28. The number of furan rings is 1. The van der Waals surface area contributed by atoms with Crippen molar-refractivity contribution < 1.29 is 13.9 Å². The van der Waals surface area contributed by atoms with E-state index < -0.39 is 0 Å². The Morgan fingerprint density at radius 1 is 1.19 bits per heavy atom. The Kier molecular flexibility index (Phi) is 4.98. The highest BCUT2D eigenvalue weighted by molar-refractivity contribution is 5.91. The molecular weight excluding hydrogens is 338 g/mol. The summed E-state index contributed by atoms with van der Waals surface area (Å²) in [5.74, 6) is 4.02. The van der Waals surface area contributed by atoms with Gasteiger partial charge in [-0.3, -0.25) is 4.79 Å². The van der Waals surface area contributed by atoms with Crippen molar-refractivity contribution in [3.05, 3.63) is 53.0 Å². The molecule has 2 bridgehead atoms. The van der Waals surface area contributed by atoms with Gasteiger partial charge in [-0.05, 0) is 93.2 Å². The van der Waals surface area contributed by atoms with Crippen molar-refractivity contribution in [2.75, 3.05) is 0 Å². The largest absolute Gasteiger partial charge is 0.486 e. The van der Waals surface area contributed by atoms with Gasteiger partial charge in [-0.1, -0.05) is 12.5 Å². The SMILES string of the molecule is Cc1cc(C)cc(OCc2ccc(C(=O)NC(C)C3CC4CCC3C4)o2)c1. The normalized spacial score (nSPS) is 24.8. The standard InChI is InChI=1S/C23H29NO3/c1-14-8-15(2)10-20(9-14)26-13-19-6-7-22(27-19)23(25)24-16(3)21-12-17-4-5-18(21)11-17/h6-10,16-18,21H,4-5,11-13H2,1-3H3,(H,24,25). The Morgan fingerprint density at radius 3 is 2.63 bits per heavy atom. The second-order valence-corrected chi connectivity index (χ2v) is 8.48. The molecule has 4 atom stereocenters. The Hall–Kier alpha value is -2.23. The van der Waals surface area contributed by atoms with Gasteiger partial charge in [0, 0.05) is 6.04 Å². The molecule has 2 aliphatic rings. The number of rotatable bonds is 6. The van der Waals surface area contributed by atoms with Crippen molar-refractivity contribution in [2.24, 2.45) is 17.8 Å². The number of carbonyl (C=O) groups is 1. The summed E-state index contributed by atoms with van der Waals surface area (Å²) in [6, 6.07) is 9.87. The molecule has 1 aromatic heterocycles. The Morgan fingerprint density at radius 2 is 1.96 bits per heavy atom. The molecule has 27 heavy (non-hydrogen) atoms. The van der Waals surface area contributed by atoms with Crippen LogP contribution in [0.4, 0.5) is 0 Å². The van der Waals surface area contributed by atoms with Crippen LogP contribution in [0, 0.1) is 31.6 Å². The summed E-state index contributed by atoms with van der Waals surface area (Å²) < 4.78 is 11.5. The van der Waals surface area contributed by atoms with Gasteiger partial charge in [0.25, 0.3) is 5.91 Å². The van der Waals surface area contributed by atoms with E-state index >= 15 is 0 Å². The monoisotopic (exact) mass is 367 g/mol. The van der Waals surface area contributed by atoms with E-state index in [2.05, 4.69) is 18.3 Å². The molecule has 2 saturated carbocycles. The number of carbonyl (C=O) groups excluding carboxylic acids is 1. The third-order valence-electron chi connectivity index (χ3n) is 6.26. The summed E-state index contributed by atoms with van der Waals surface area (Å²) >= 11 is 0. The zero-order valence-corrected chi connectivity index (χ0v) is 16.5. The number of hydrogen-bond acceptors (Lipinski definition) is 3. The zero-order valence-electron chi connectivity index (χ0n) is 16.5. The molecule has 144 valence electrons. The molecule has 0 saturated heterocycles. The number of benzene rings is 1. The first-order chi connectivity index (χ1) is 13.0. The first-order valence-corrected chi connectivity index (χ1v) is 10.1. The number of fused-ring (bicyclic) bond motifs is 2. The third-order valence-corrected chi connectivity index (χ3v) is 6.26. The number of nitrogens with one attached hydrogen (secondary N) is 1. The van der Waals surface area contributed by atoms with Crippen LogP contribution in [0.3, 0.4) is 0 Å². The quantitative estimate of drug-likeness (QED) is 0.779. The molecular formula is C23H29NO3. The van der Waals surface area contributed by atoms with E-state index in [0.29, 0.717) is 24.0 Å². The Balaban J connectivity index is 1.32. The minimum Gasteiger partial charge on any atom is -0.486 e. The fraction of sp³-hybridized carbons (Fsp3) is 0.522. The molecule has 1 N–H and O–H groups in total. The predicted octanol–water partition coefficient (Wildman–Crippen LogP) is 5.03. The highest BCUT2D eigenvalue weighted by Gasteiger charge is 2.42. The number of amides is 1. The van der Waals surface area contributed by atoms with Crippen LogP contribution in [0.2, 0.25) is 0 Å². The van der Waals surface area contributed by atoms with Crippen molar-refractivity contribution in [2.45, 2.75) is 59.1 Å². The van der Waals surface area contributed by atoms with Crippen LogP contribution in [0.25, 0.3) is 0 Å². The van der Waals surface area contributed by atoms with E-state index in [-0.39, 0.29) is 11.9 Å². The summed E-state index contributed by atoms with van der Waals surface area (Å²) in [7, 11) is 0. The van der Waals surface area contributed by atoms with Crippen molar-refractivity contribution in [1.29, 1.82) is 0 Å². The van der Waals surface area contributed by atoms with E-state index in [9.17, 15) is 4.79 Å². The summed E-state index contributed by atoms with van der Waals surface area (Å²) in [6.07, 6.45) is 5.32. The third kappa shape index (κ3) is 4.05. The number of hydrogen-bond donors (Lipinski definition) is 1. The first kappa shape index (κ1) is 18.1. The number of aryl methyl sites for hydroxylation is 2. The van der Waals surface area contributed by atoms with Crippen LogP contribution in [0.5, 0.6) is 5.75 Å². The van der Waals surface area contributed by atoms with E-state index in [1.54, 1.807) is 6.07 Å². The molecule has 2 aliphatic carbocycles. The fourth-order valence-electron chi connectivity index (χ4n) is 5.04. The second-order valence-electron chi connectivity index (χ2n) is 8.48. The molecule has 4 rings (SSSR count).